The van der Waals surface area contributed by atoms with E-state index >= 15 is 0 Å². The van der Waals surface area contributed by atoms with Crippen LogP contribution in [-0.4, -0.2) is 42.0 Å². The summed E-state index contributed by atoms with van der Waals surface area (Å²) in [4.78, 5) is 23.9. The molecule has 2 amide bonds. The van der Waals surface area contributed by atoms with Gasteiger partial charge in [0.25, 0.3) is 0 Å². The van der Waals surface area contributed by atoms with Crippen LogP contribution in [-0.2, 0) is 16.0 Å². The van der Waals surface area contributed by atoms with E-state index in [-0.39, 0.29) is 25.0 Å². The van der Waals surface area contributed by atoms with Gasteiger partial charge < -0.3 is 15.3 Å². The number of amides is 2. The Morgan fingerprint density at radius 2 is 1.89 bits per heavy atom. The van der Waals surface area contributed by atoms with Gasteiger partial charge in [-0.25, -0.2) is 0 Å². The van der Waals surface area contributed by atoms with Gasteiger partial charge in [0.2, 0.25) is 11.8 Å². The number of carbonyl (C=O) groups is 2. The summed E-state index contributed by atoms with van der Waals surface area (Å²) < 4.78 is 0. The van der Waals surface area contributed by atoms with Gasteiger partial charge in [0.1, 0.15) is 0 Å². The largest absolute Gasteiger partial charge is 0.396 e. The number of hydrogen-bond acceptors (Lipinski definition) is 3. The van der Waals surface area contributed by atoms with E-state index in [1.165, 1.54) is 11.8 Å². The number of benzene rings is 1. The molecule has 0 aliphatic heterocycles. The van der Waals surface area contributed by atoms with Crippen LogP contribution in [0.2, 0.25) is 0 Å². The first-order chi connectivity index (χ1) is 8.52. The summed E-state index contributed by atoms with van der Waals surface area (Å²) in [5.74, 6) is -0.383. The molecule has 98 valence electrons. The number of hydrogen-bond donors (Lipinski definition) is 2. The van der Waals surface area contributed by atoms with Crippen LogP contribution in [0, 0.1) is 0 Å². The summed E-state index contributed by atoms with van der Waals surface area (Å²) >= 11 is 0. The smallest absolute Gasteiger partial charge is 0.243 e. The molecular formula is C13H18N2O3. The van der Waals surface area contributed by atoms with Crippen LogP contribution < -0.4 is 5.32 Å². The molecule has 0 heterocycles. The van der Waals surface area contributed by atoms with Crippen LogP contribution in [0.15, 0.2) is 24.3 Å². The second-order valence-corrected chi connectivity index (χ2v) is 4.09. The first kappa shape index (κ1) is 14.2. The topological polar surface area (TPSA) is 69.6 Å². The first-order valence-corrected chi connectivity index (χ1v) is 5.74. The molecule has 1 aromatic rings. The SMILES string of the molecule is CC(=O)N(C)CC(=O)Nc1ccc(CCO)cc1. The Kier molecular flexibility index (Phi) is 5.32. The van der Waals surface area contributed by atoms with E-state index in [1.807, 2.05) is 12.1 Å². The van der Waals surface area contributed by atoms with E-state index < -0.39 is 0 Å². The van der Waals surface area contributed by atoms with Gasteiger partial charge in [0.05, 0.1) is 6.54 Å². The van der Waals surface area contributed by atoms with E-state index in [4.69, 9.17) is 5.11 Å². The number of anilines is 1. The molecule has 0 bridgehead atoms. The zero-order chi connectivity index (χ0) is 13.5. The van der Waals surface area contributed by atoms with Crippen molar-refractivity contribution in [3.63, 3.8) is 0 Å². The Balaban J connectivity index is 2.51. The minimum absolute atomic E-state index is 0.0354. The maximum Gasteiger partial charge on any atom is 0.243 e. The fraction of sp³-hybridized carbons (Fsp3) is 0.385. The number of aliphatic hydroxyl groups is 1. The summed E-state index contributed by atoms with van der Waals surface area (Å²) in [7, 11) is 1.58. The van der Waals surface area contributed by atoms with Crippen LogP contribution in [0.5, 0.6) is 0 Å². The number of nitrogens with one attached hydrogen (secondary N) is 1. The lowest BCUT2D eigenvalue weighted by Gasteiger charge is -2.14. The van der Waals surface area contributed by atoms with E-state index in [0.717, 1.165) is 5.56 Å². The highest BCUT2D eigenvalue weighted by molar-refractivity contribution is 5.94. The van der Waals surface area contributed by atoms with Crippen molar-refractivity contribution in [2.75, 3.05) is 25.5 Å². The summed E-state index contributed by atoms with van der Waals surface area (Å²) in [6.07, 6.45) is 0.599. The summed E-state index contributed by atoms with van der Waals surface area (Å²) in [6.45, 7) is 1.56. The highest BCUT2D eigenvalue weighted by Crippen LogP contribution is 2.09. The second kappa shape index (κ2) is 6.76. The van der Waals surface area contributed by atoms with Crippen LogP contribution >= 0.6 is 0 Å². The predicted octanol–water partition coefficient (Wildman–Crippen LogP) is 0.638. The quantitative estimate of drug-likeness (QED) is 0.805. The molecule has 0 aliphatic rings. The lowest BCUT2D eigenvalue weighted by molar-refractivity contribution is -0.131. The number of nitrogens with zero attached hydrogens (tertiary/aromatic N) is 1. The molecule has 0 aliphatic carbocycles. The maximum absolute atomic E-state index is 11.6. The van der Waals surface area contributed by atoms with Crippen LogP contribution in [0.3, 0.4) is 0 Å². The molecule has 5 nitrogen and oxygen atoms in total. The molecule has 5 heteroatoms. The van der Waals surface area contributed by atoms with Crippen LogP contribution in [0.25, 0.3) is 0 Å². The molecule has 0 saturated heterocycles. The lowest BCUT2D eigenvalue weighted by Crippen LogP contribution is -2.33. The van der Waals surface area contributed by atoms with Gasteiger partial charge in [-0.2, -0.15) is 0 Å². The standard InChI is InChI=1S/C13H18N2O3/c1-10(17)15(2)9-13(18)14-12-5-3-11(4-6-12)7-8-16/h3-6,16H,7-9H2,1-2H3,(H,14,18). The first-order valence-electron chi connectivity index (χ1n) is 5.74. The molecule has 18 heavy (non-hydrogen) atoms. The molecule has 0 unspecified atom stereocenters. The second-order valence-electron chi connectivity index (χ2n) is 4.09. The van der Waals surface area contributed by atoms with Crippen molar-refractivity contribution in [2.24, 2.45) is 0 Å². The average Bonchev–Trinajstić information content (AvgIpc) is 2.31. The molecule has 0 saturated carbocycles. The molecule has 2 N–H and O–H groups in total. The Morgan fingerprint density at radius 3 is 2.39 bits per heavy atom. The highest BCUT2D eigenvalue weighted by Gasteiger charge is 2.08. The molecular weight excluding hydrogens is 232 g/mol. The van der Waals surface area contributed by atoms with Gasteiger partial charge in [0, 0.05) is 26.3 Å². The van der Waals surface area contributed by atoms with Crippen LogP contribution in [0.4, 0.5) is 5.69 Å². The van der Waals surface area contributed by atoms with E-state index in [9.17, 15) is 9.59 Å². The molecule has 1 rings (SSSR count). The van der Waals surface area contributed by atoms with Gasteiger partial charge >= 0.3 is 0 Å². The van der Waals surface area contributed by atoms with Gasteiger partial charge in [-0.1, -0.05) is 12.1 Å². The third kappa shape index (κ3) is 4.55. The third-order valence-electron chi connectivity index (χ3n) is 2.56. The number of likely N-dealkylation sites (N-methyl/N-ethyl adjacent to an activating group) is 1. The molecule has 0 atom stereocenters. The zero-order valence-electron chi connectivity index (χ0n) is 10.6. The van der Waals surface area contributed by atoms with Crippen molar-refractivity contribution in [3.05, 3.63) is 29.8 Å². The van der Waals surface area contributed by atoms with E-state index in [0.29, 0.717) is 12.1 Å². The average molecular weight is 250 g/mol. The minimum Gasteiger partial charge on any atom is -0.396 e. The Labute approximate surface area is 106 Å². The van der Waals surface area contributed by atoms with Gasteiger partial charge in [-0.15, -0.1) is 0 Å². The molecule has 0 spiro atoms. The van der Waals surface area contributed by atoms with E-state index in [1.54, 1.807) is 19.2 Å². The third-order valence-corrected chi connectivity index (χ3v) is 2.56. The van der Waals surface area contributed by atoms with Crippen molar-refractivity contribution in [1.82, 2.24) is 4.90 Å². The molecule has 1 aromatic carbocycles. The van der Waals surface area contributed by atoms with Crippen molar-refractivity contribution in [1.29, 1.82) is 0 Å². The fourth-order valence-corrected chi connectivity index (χ4v) is 1.41. The van der Waals surface area contributed by atoms with E-state index in [2.05, 4.69) is 5.32 Å². The minimum atomic E-state index is -0.234. The van der Waals surface area contributed by atoms with Crippen molar-refractivity contribution in [3.8, 4) is 0 Å². The van der Waals surface area contributed by atoms with Crippen molar-refractivity contribution < 1.29 is 14.7 Å². The summed E-state index contributed by atoms with van der Waals surface area (Å²) in [5.41, 5.74) is 1.69. The molecule has 0 fully saturated rings. The number of carbonyl (C=O) groups excluding carboxylic acids is 2. The Hall–Kier alpha value is -1.88. The zero-order valence-corrected chi connectivity index (χ0v) is 10.6. The predicted molar refractivity (Wildman–Crippen MR) is 69.2 cm³/mol. The lowest BCUT2D eigenvalue weighted by atomic mass is 10.1. The fourth-order valence-electron chi connectivity index (χ4n) is 1.41. The Bertz CT molecular complexity index is 415. The van der Waals surface area contributed by atoms with Gasteiger partial charge in [-0.05, 0) is 24.1 Å². The van der Waals surface area contributed by atoms with Crippen LogP contribution in [0.1, 0.15) is 12.5 Å². The monoisotopic (exact) mass is 250 g/mol. The summed E-state index contributed by atoms with van der Waals surface area (Å²) in [5, 5.41) is 11.5. The summed E-state index contributed by atoms with van der Waals surface area (Å²) in [6, 6.07) is 7.24. The number of rotatable bonds is 5. The highest BCUT2D eigenvalue weighted by atomic mass is 16.3. The van der Waals surface area contributed by atoms with Gasteiger partial charge in [-0.3, -0.25) is 9.59 Å². The molecule has 0 radical (unpaired) electrons. The number of aliphatic hydroxyl groups excluding tert-OH is 1. The van der Waals surface area contributed by atoms with Crippen molar-refractivity contribution in [2.45, 2.75) is 13.3 Å². The van der Waals surface area contributed by atoms with Gasteiger partial charge in [0.15, 0.2) is 0 Å². The maximum atomic E-state index is 11.6. The molecule has 0 aromatic heterocycles. The Morgan fingerprint density at radius 1 is 1.28 bits per heavy atom. The normalized spacial score (nSPS) is 9.94. The van der Waals surface area contributed by atoms with Crippen molar-refractivity contribution >= 4 is 17.5 Å².